The third-order valence-electron chi connectivity index (χ3n) is 6.63. The van der Waals surface area contributed by atoms with Crippen LogP contribution in [0.25, 0.3) is 11.4 Å². The highest BCUT2D eigenvalue weighted by molar-refractivity contribution is 6.31. The molecule has 1 aliphatic rings. The Bertz CT molecular complexity index is 1280. The molecule has 0 radical (unpaired) electrons. The summed E-state index contributed by atoms with van der Waals surface area (Å²) in [5, 5.41) is 20.9. The highest BCUT2D eigenvalue weighted by Crippen LogP contribution is 2.32. The molecule has 1 aromatic carbocycles. The van der Waals surface area contributed by atoms with Crippen molar-refractivity contribution >= 4 is 29.5 Å². The van der Waals surface area contributed by atoms with Gasteiger partial charge < -0.3 is 14.6 Å². The summed E-state index contributed by atoms with van der Waals surface area (Å²) in [5.41, 5.74) is 2.18. The van der Waals surface area contributed by atoms with Gasteiger partial charge in [0.25, 0.3) is 0 Å². The Morgan fingerprint density at radius 1 is 1.22 bits per heavy atom. The summed E-state index contributed by atoms with van der Waals surface area (Å²) in [6.45, 7) is 3.86. The fraction of sp³-hybridized carbons (Fsp3) is 0.423. The topological polar surface area (TPSA) is 128 Å². The zero-order valence-corrected chi connectivity index (χ0v) is 21.7. The zero-order chi connectivity index (χ0) is 26.5. The van der Waals surface area contributed by atoms with Crippen LogP contribution in [0.5, 0.6) is 5.75 Å². The third-order valence-corrected chi connectivity index (χ3v) is 6.98. The molecule has 3 atom stereocenters. The Kier molecular flexibility index (Phi) is 8.27. The molecule has 0 bridgehead atoms. The number of amides is 1. The number of nitrogens with one attached hydrogen (secondary N) is 1. The standard InChI is InChI=1S/C26H30ClN5O5/c1-15-22(36-14-17-8-4-5-10-19(17)25(33)34)13-12-21(28-15)23-24(32(3)31-30-23)29-26(35)37-16(2)18-9-6-7-11-20(18)27/h6-7,9,11-13,16-17,19H,4-5,8,10,14H2,1-3H3,(H,29,35)(H,33,34)/t16-,17-,19+/m1/s1. The first-order valence-corrected chi connectivity index (χ1v) is 12.6. The number of hydrogen-bond acceptors (Lipinski definition) is 7. The second-order valence-electron chi connectivity index (χ2n) is 9.18. The molecule has 10 nitrogen and oxygen atoms in total. The van der Waals surface area contributed by atoms with Gasteiger partial charge in [0.1, 0.15) is 11.9 Å². The molecule has 11 heteroatoms. The van der Waals surface area contributed by atoms with Crippen LogP contribution in [-0.4, -0.2) is 43.8 Å². The Balaban J connectivity index is 1.44. The predicted octanol–water partition coefficient (Wildman–Crippen LogP) is 5.42. The number of aliphatic carboxylic acids is 1. The van der Waals surface area contributed by atoms with E-state index in [-0.39, 0.29) is 11.8 Å². The van der Waals surface area contributed by atoms with Gasteiger partial charge in [0.15, 0.2) is 11.5 Å². The number of halogens is 1. The molecule has 196 valence electrons. The first-order valence-electron chi connectivity index (χ1n) is 12.2. The van der Waals surface area contributed by atoms with Gasteiger partial charge in [-0.25, -0.2) is 14.5 Å². The first-order chi connectivity index (χ1) is 17.7. The first kappa shape index (κ1) is 26.4. The number of nitrogens with zero attached hydrogens (tertiary/aromatic N) is 4. The molecule has 1 saturated carbocycles. The molecule has 37 heavy (non-hydrogen) atoms. The van der Waals surface area contributed by atoms with E-state index in [1.807, 2.05) is 6.07 Å². The van der Waals surface area contributed by atoms with Crippen LogP contribution in [0.1, 0.15) is 50.0 Å². The number of aromatic nitrogens is 4. The second-order valence-corrected chi connectivity index (χ2v) is 9.59. The van der Waals surface area contributed by atoms with Crippen molar-refractivity contribution in [2.45, 2.75) is 45.6 Å². The molecule has 0 unspecified atom stereocenters. The van der Waals surface area contributed by atoms with Gasteiger partial charge in [-0.3, -0.25) is 10.1 Å². The molecule has 2 heterocycles. The van der Waals surface area contributed by atoms with Crippen molar-refractivity contribution in [1.29, 1.82) is 0 Å². The largest absolute Gasteiger partial charge is 0.491 e. The Hall–Kier alpha value is -3.66. The number of aryl methyl sites for hydroxylation is 2. The summed E-state index contributed by atoms with van der Waals surface area (Å²) in [5.74, 6) is -0.274. The van der Waals surface area contributed by atoms with Gasteiger partial charge in [0.2, 0.25) is 0 Å². The number of carbonyl (C=O) groups is 2. The van der Waals surface area contributed by atoms with E-state index in [0.717, 1.165) is 19.3 Å². The van der Waals surface area contributed by atoms with Gasteiger partial charge in [-0.15, -0.1) is 5.10 Å². The van der Waals surface area contributed by atoms with E-state index in [0.29, 0.717) is 52.3 Å². The number of carbonyl (C=O) groups excluding carboxylic acids is 1. The molecule has 3 aromatic rings. The Labute approximate surface area is 219 Å². The fourth-order valence-electron chi connectivity index (χ4n) is 4.59. The van der Waals surface area contributed by atoms with Crippen LogP contribution >= 0.6 is 11.6 Å². The highest BCUT2D eigenvalue weighted by atomic mass is 35.5. The van der Waals surface area contributed by atoms with Crippen molar-refractivity contribution in [2.75, 3.05) is 11.9 Å². The minimum absolute atomic E-state index is 0.0275. The van der Waals surface area contributed by atoms with E-state index in [9.17, 15) is 14.7 Å². The van der Waals surface area contributed by atoms with Crippen LogP contribution < -0.4 is 10.1 Å². The van der Waals surface area contributed by atoms with Crippen LogP contribution in [0, 0.1) is 18.8 Å². The molecule has 1 aliphatic carbocycles. The van der Waals surface area contributed by atoms with E-state index in [1.165, 1.54) is 4.68 Å². The van der Waals surface area contributed by atoms with Gasteiger partial charge in [-0.2, -0.15) is 0 Å². The normalized spacial score (nSPS) is 18.2. The number of carboxylic acids is 1. The molecule has 4 rings (SSSR count). The van der Waals surface area contributed by atoms with E-state index in [1.54, 1.807) is 51.2 Å². The fourth-order valence-corrected chi connectivity index (χ4v) is 4.88. The Morgan fingerprint density at radius 2 is 1.97 bits per heavy atom. The number of rotatable bonds is 8. The lowest BCUT2D eigenvalue weighted by atomic mass is 9.80. The van der Waals surface area contributed by atoms with Crippen LogP contribution in [0.4, 0.5) is 10.6 Å². The number of carboxylic acid groups (broad SMARTS) is 1. The molecular formula is C26H30ClN5O5. The maximum atomic E-state index is 12.6. The highest BCUT2D eigenvalue weighted by Gasteiger charge is 2.31. The number of benzene rings is 1. The lowest BCUT2D eigenvalue weighted by Crippen LogP contribution is -2.31. The van der Waals surface area contributed by atoms with Crippen molar-refractivity contribution in [3.8, 4) is 17.1 Å². The van der Waals surface area contributed by atoms with Gasteiger partial charge >= 0.3 is 12.1 Å². The van der Waals surface area contributed by atoms with Gasteiger partial charge in [0.05, 0.1) is 23.9 Å². The van der Waals surface area contributed by atoms with Crippen molar-refractivity contribution in [3.63, 3.8) is 0 Å². The molecule has 2 N–H and O–H groups in total. The number of anilines is 1. The summed E-state index contributed by atoms with van der Waals surface area (Å²) in [6.07, 6.45) is 2.21. The smallest absolute Gasteiger partial charge is 0.413 e. The maximum Gasteiger partial charge on any atom is 0.413 e. The van der Waals surface area contributed by atoms with Crippen LogP contribution in [0.3, 0.4) is 0 Å². The van der Waals surface area contributed by atoms with Crippen molar-refractivity contribution in [3.05, 3.63) is 52.7 Å². The lowest BCUT2D eigenvalue weighted by Gasteiger charge is -2.28. The summed E-state index contributed by atoms with van der Waals surface area (Å²) in [7, 11) is 1.65. The predicted molar refractivity (Wildman–Crippen MR) is 138 cm³/mol. The van der Waals surface area contributed by atoms with E-state index >= 15 is 0 Å². The van der Waals surface area contributed by atoms with E-state index in [2.05, 4.69) is 20.6 Å². The molecule has 0 saturated heterocycles. The van der Waals surface area contributed by atoms with Crippen LogP contribution in [-0.2, 0) is 16.6 Å². The summed E-state index contributed by atoms with van der Waals surface area (Å²) < 4.78 is 12.9. The van der Waals surface area contributed by atoms with Crippen LogP contribution in [0.15, 0.2) is 36.4 Å². The summed E-state index contributed by atoms with van der Waals surface area (Å²) >= 11 is 6.21. The average Bonchev–Trinajstić information content (AvgIpc) is 3.23. The summed E-state index contributed by atoms with van der Waals surface area (Å²) in [4.78, 5) is 28.8. The van der Waals surface area contributed by atoms with Gasteiger partial charge in [-0.1, -0.05) is 47.9 Å². The minimum Gasteiger partial charge on any atom is -0.491 e. The monoisotopic (exact) mass is 527 g/mol. The van der Waals surface area contributed by atoms with Crippen LogP contribution in [0.2, 0.25) is 5.02 Å². The number of pyridine rings is 1. The molecule has 1 fully saturated rings. The third kappa shape index (κ3) is 6.19. The average molecular weight is 528 g/mol. The van der Waals surface area contributed by atoms with Crippen molar-refractivity contribution in [1.82, 2.24) is 20.0 Å². The van der Waals surface area contributed by atoms with E-state index in [4.69, 9.17) is 21.1 Å². The number of ether oxygens (including phenoxy) is 2. The lowest BCUT2D eigenvalue weighted by molar-refractivity contribution is -0.145. The molecule has 0 aliphatic heterocycles. The van der Waals surface area contributed by atoms with Crippen molar-refractivity contribution in [2.24, 2.45) is 18.9 Å². The molecule has 2 aromatic heterocycles. The van der Waals surface area contributed by atoms with Gasteiger partial charge in [-0.05, 0) is 44.9 Å². The quantitative estimate of drug-likeness (QED) is 0.397. The molecule has 1 amide bonds. The van der Waals surface area contributed by atoms with Crippen molar-refractivity contribution < 1.29 is 24.2 Å². The minimum atomic E-state index is -0.763. The van der Waals surface area contributed by atoms with Gasteiger partial charge in [0, 0.05) is 23.6 Å². The zero-order valence-electron chi connectivity index (χ0n) is 21.0. The number of hydrogen-bond donors (Lipinski definition) is 2. The SMILES string of the molecule is Cc1nc(-c2nnn(C)c2NC(=O)O[C@H](C)c2ccccc2Cl)ccc1OC[C@H]1CCCC[C@@H]1C(=O)O. The second kappa shape index (κ2) is 11.6. The Morgan fingerprint density at radius 3 is 2.70 bits per heavy atom. The van der Waals surface area contributed by atoms with E-state index < -0.39 is 18.2 Å². The maximum absolute atomic E-state index is 12.6. The summed E-state index contributed by atoms with van der Waals surface area (Å²) in [6, 6.07) is 10.7. The molecule has 0 spiro atoms. The molecular weight excluding hydrogens is 498 g/mol.